The van der Waals surface area contributed by atoms with Crippen molar-refractivity contribution in [1.82, 2.24) is 0 Å². The summed E-state index contributed by atoms with van der Waals surface area (Å²) in [5, 5.41) is 0. The lowest BCUT2D eigenvalue weighted by Gasteiger charge is -2.43. The number of esters is 4. The molecule has 5 atom stereocenters. The molecule has 11 nitrogen and oxygen atoms in total. The van der Waals surface area contributed by atoms with Crippen molar-refractivity contribution in [3.05, 3.63) is 29.8 Å². The van der Waals surface area contributed by atoms with Crippen molar-refractivity contribution in [3.8, 4) is 0 Å². The largest absolute Gasteiger partial charge is 0.463 e. The predicted octanol–water partition coefficient (Wildman–Crippen LogP) is 0.852. The third-order valence-electron chi connectivity index (χ3n) is 4.60. The van der Waals surface area contributed by atoms with E-state index in [1.165, 1.54) is 12.1 Å². The number of benzene rings is 1. The number of carbonyl (C=O) groups is 4. The Morgan fingerprint density at radius 3 is 1.76 bits per heavy atom. The van der Waals surface area contributed by atoms with Crippen LogP contribution in [0.25, 0.3) is 0 Å². The smallest absolute Gasteiger partial charge is 0.303 e. The first kappa shape index (κ1) is 26.3. The van der Waals surface area contributed by atoms with Crippen molar-refractivity contribution in [1.29, 1.82) is 0 Å². The molecule has 2 rings (SSSR count). The van der Waals surface area contributed by atoms with E-state index in [0.717, 1.165) is 33.3 Å². The van der Waals surface area contributed by atoms with E-state index in [-0.39, 0.29) is 4.90 Å². The Kier molecular flexibility index (Phi) is 8.56. The third-order valence-corrected chi connectivity index (χ3v) is 6.52. The average molecular weight is 486 g/mol. The standard InChI is InChI=1S/C21H26O11S/c1-11-6-8-16(9-7-11)33(26,27)21-20(31-15(5)25)19(30-14(4)24)18(29-13(3)23)17(32-21)10-28-12(2)22/h6-9,17-21H,10H2,1-5H3/t17-,18-,19+,20-,21+/m1/s1. The molecule has 1 heterocycles. The Labute approximate surface area is 191 Å². The van der Waals surface area contributed by atoms with Gasteiger partial charge in [-0.3, -0.25) is 19.2 Å². The van der Waals surface area contributed by atoms with Crippen LogP contribution in [0, 0.1) is 6.92 Å². The number of hydrogen-bond acceptors (Lipinski definition) is 11. The van der Waals surface area contributed by atoms with Gasteiger partial charge in [-0.25, -0.2) is 8.42 Å². The van der Waals surface area contributed by atoms with Crippen LogP contribution in [0.1, 0.15) is 33.3 Å². The molecule has 0 saturated carbocycles. The highest BCUT2D eigenvalue weighted by atomic mass is 32.2. The molecule has 1 fully saturated rings. The maximum Gasteiger partial charge on any atom is 0.303 e. The zero-order valence-corrected chi connectivity index (χ0v) is 19.6. The molecule has 182 valence electrons. The van der Waals surface area contributed by atoms with Crippen molar-refractivity contribution in [2.75, 3.05) is 6.61 Å². The first-order valence-corrected chi connectivity index (χ1v) is 11.5. The second-order valence-corrected chi connectivity index (χ2v) is 9.45. The summed E-state index contributed by atoms with van der Waals surface area (Å²) in [4.78, 5) is 46.6. The minimum atomic E-state index is -4.34. The molecule has 0 spiro atoms. The van der Waals surface area contributed by atoms with Gasteiger partial charge in [-0.05, 0) is 19.1 Å². The van der Waals surface area contributed by atoms with Gasteiger partial charge in [-0.2, -0.15) is 0 Å². The van der Waals surface area contributed by atoms with Gasteiger partial charge in [0, 0.05) is 27.7 Å². The summed E-state index contributed by atoms with van der Waals surface area (Å²) in [6, 6.07) is 5.83. The van der Waals surface area contributed by atoms with Gasteiger partial charge in [0.1, 0.15) is 12.7 Å². The Balaban J connectivity index is 2.62. The quantitative estimate of drug-likeness (QED) is 0.399. The molecule has 1 aliphatic heterocycles. The van der Waals surface area contributed by atoms with Gasteiger partial charge in [-0.1, -0.05) is 17.7 Å². The Hall–Kier alpha value is -2.99. The third kappa shape index (κ3) is 6.75. The van der Waals surface area contributed by atoms with Crippen LogP contribution in [0.15, 0.2) is 29.2 Å². The lowest BCUT2D eigenvalue weighted by Crippen LogP contribution is -2.64. The summed E-state index contributed by atoms with van der Waals surface area (Å²) in [7, 11) is -4.34. The van der Waals surface area contributed by atoms with E-state index in [1.807, 2.05) is 0 Å². The number of ether oxygens (including phenoxy) is 5. The molecule has 0 bridgehead atoms. The first-order valence-electron chi connectivity index (χ1n) is 9.94. The van der Waals surface area contributed by atoms with E-state index in [9.17, 15) is 27.6 Å². The van der Waals surface area contributed by atoms with Gasteiger partial charge in [0.2, 0.25) is 15.3 Å². The summed E-state index contributed by atoms with van der Waals surface area (Å²) in [6.07, 6.45) is -6.02. The molecule has 0 unspecified atom stereocenters. The highest BCUT2D eigenvalue weighted by Gasteiger charge is 2.56. The van der Waals surface area contributed by atoms with E-state index < -0.39 is 70.2 Å². The minimum Gasteiger partial charge on any atom is -0.463 e. The molecule has 1 aromatic rings. The highest BCUT2D eigenvalue weighted by Crippen LogP contribution is 2.34. The van der Waals surface area contributed by atoms with Gasteiger partial charge in [0.05, 0.1) is 4.90 Å². The topological polar surface area (TPSA) is 149 Å². The molecule has 12 heteroatoms. The van der Waals surface area contributed by atoms with Crippen LogP contribution < -0.4 is 0 Å². The maximum absolute atomic E-state index is 13.5. The SMILES string of the molecule is CC(=O)OC[C@H]1O[C@@H](S(=O)(=O)c2ccc(C)cc2)[C@H](OC(C)=O)[C@@H](OC(C)=O)[C@@H]1OC(C)=O. The van der Waals surface area contributed by atoms with Gasteiger partial charge >= 0.3 is 23.9 Å². The molecule has 1 saturated heterocycles. The van der Waals surface area contributed by atoms with Crippen molar-refractivity contribution < 1.29 is 51.3 Å². The van der Waals surface area contributed by atoms with Crippen LogP contribution in [0.5, 0.6) is 0 Å². The fourth-order valence-corrected chi connectivity index (χ4v) is 4.94. The van der Waals surface area contributed by atoms with Crippen molar-refractivity contribution >= 4 is 33.7 Å². The summed E-state index contributed by atoms with van der Waals surface area (Å²) in [5.74, 6) is -3.25. The Morgan fingerprint density at radius 1 is 0.788 bits per heavy atom. The van der Waals surface area contributed by atoms with Gasteiger partial charge in [0.15, 0.2) is 18.3 Å². The summed E-state index contributed by atoms with van der Waals surface area (Å²) in [5.41, 5.74) is -1.06. The lowest BCUT2D eigenvalue weighted by atomic mass is 9.99. The molecule has 0 radical (unpaired) electrons. The molecule has 0 N–H and O–H groups in total. The van der Waals surface area contributed by atoms with Crippen LogP contribution in [-0.2, 0) is 52.7 Å². The van der Waals surface area contributed by atoms with Gasteiger partial charge in [0.25, 0.3) is 0 Å². The molecule has 1 aliphatic rings. The van der Waals surface area contributed by atoms with Crippen LogP contribution in [-0.4, -0.2) is 68.8 Å². The molecular formula is C21H26O11S. The van der Waals surface area contributed by atoms with Crippen molar-refractivity contribution in [2.24, 2.45) is 0 Å². The maximum atomic E-state index is 13.5. The molecule has 0 amide bonds. The first-order chi connectivity index (χ1) is 15.3. The lowest BCUT2D eigenvalue weighted by molar-refractivity contribution is -0.238. The average Bonchev–Trinajstić information content (AvgIpc) is 2.68. The van der Waals surface area contributed by atoms with E-state index in [0.29, 0.717) is 0 Å². The van der Waals surface area contributed by atoms with Crippen LogP contribution in [0.3, 0.4) is 0 Å². The Morgan fingerprint density at radius 2 is 1.27 bits per heavy atom. The molecule has 0 aromatic heterocycles. The number of hydrogen-bond donors (Lipinski definition) is 0. The number of carbonyl (C=O) groups excluding carboxylic acids is 4. The van der Waals surface area contributed by atoms with Crippen LogP contribution in [0.2, 0.25) is 0 Å². The highest BCUT2D eigenvalue weighted by molar-refractivity contribution is 7.92. The monoisotopic (exact) mass is 486 g/mol. The molecule has 33 heavy (non-hydrogen) atoms. The Bertz CT molecular complexity index is 1000. The number of rotatable bonds is 7. The number of sulfone groups is 1. The van der Waals surface area contributed by atoms with E-state index in [4.69, 9.17) is 23.7 Å². The fourth-order valence-electron chi connectivity index (χ4n) is 3.30. The van der Waals surface area contributed by atoms with Gasteiger partial charge < -0.3 is 23.7 Å². The second-order valence-electron chi connectivity index (χ2n) is 7.43. The molecule has 0 aliphatic carbocycles. The summed E-state index contributed by atoms with van der Waals surface area (Å²) >= 11 is 0. The van der Waals surface area contributed by atoms with Crippen LogP contribution in [0.4, 0.5) is 0 Å². The molecule has 1 aromatic carbocycles. The zero-order chi connectivity index (χ0) is 24.9. The minimum absolute atomic E-state index is 0.144. The van der Waals surface area contributed by atoms with Gasteiger partial charge in [-0.15, -0.1) is 0 Å². The van der Waals surface area contributed by atoms with Crippen molar-refractivity contribution in [2.45, 2.75) is 69.4 Å². The fraction of sp³-hybridized carbons (Fsp3) is 0.524. The van der Waals surface area contributed by atoms with Crippen LogP contribution >= 0.6 is 0 Å². The summed E-state index contributed by atoms with van der Waals surface area (Å²) < 4.78 is 53.3. The summed E-state index contributed by atoms with van der Waals surface area (Å²) in [6.45, 7) is 5.53. The van der Waals surface area contributed by atoms with Crippen molar-refractivity contribution in [3.63, 3.8) is 0 Å². The number of aryl methyl sites for hydroxylation is 1. The predicted molar refractivity (Wildman–Crippen MR) is 110 cm³/mol. The second kappa shape index (κ2) is 10.8. The van der Waals surface area contributed by atoms with E-state index >= 15 is 0 Å². The zero-order valence-electron chi connectivity index (χ0n) is 18.8. The van der Waals surface area contributed by atoms with E-state index in [1.54, 1.807) is 19.1 Å². The normalized spacial score (nSPS) is 24.9. The molecular weight excluding hydrogens is 460 g/mol. The van der Waals surface area contributed by atoms with E-state index in [2.05, 4.69) is 0 Å².